The van der Waals surface area contributed by atoms with Crippen molar-refractivity contribution < 1.29 is 9.84 Å². The number of aliphatic hydroxyl groups is 1. The van der Waals surface area contributed by atoms with Crippen LogP contribution in [0.2, 0.25) is 0 Å². The standard InChI is InChI=1S/C11H12N2O2S/c1-2-15-9-5-3-4-8(6-9)11(14)10-7-16-13-12-10/h3-7,11,14H,2H2,1H3. The average Bonchev–Trinajstić information content (AvgIpc) is 2.82. The molecule has 0 fully saturated rings. The Balaban J connectivity index is 2.23. The Morgan fingerprint density at radius 1 is 1.50 bits per heavy atom. The molecule has 1 aromatic carbocycles. The maximum atomic E-state index is 10.0. The van der Waals surface area contributed by atoms with E-state index < -0.39 is 6.10 Å². The molecule has 4 nitrogen and oxygen atoms in total. The van der Waals surface area contributed by atoms with Crippen molar-refractivity contribution in [1.29, 1.82) is 0 Å². The van der Waals surface area contributed by atoms with E-state index in [2.05, 4.69) is 9.59 Å². The molecule has 0 radical (unpaired) electrons. The molecule has 2 rings (SSSR count). The summed E-state index contributed by atoms with van der Waals surface area (Å²) < 4.78 is 9.10. The van der Waals surface area contributed by atoms with Gasteiger partial charge in [0.2, 0.25) is 0 Å². The van der Waals surface area contributed by atoms with Gasteiger partial charge >= 0.3 is 0 Å². The highest BCUT2D eigenvalue weighted by molar-refractivity contribution is 7.03. The molecule has 0 aliphatic carbocycles. The van der Waals surface area contributed by atoms with E-state index in [4.69, 9.17) is 4.74 Å². The van der Waals surface area contributed by atoms with Gasteiger partial charge in [0.15, 0.2) is 0 Å². The second-order valence-corrected chi connectivity index (χ2v) is 3.85. The number of aliphatic hydroxyl groups excluding tert-OH is 1. The zero-order valence-corrected chi connectivity index (χ0v) is 9.65. The van der Waals surface area contributed by atoms with Gasteiger partial charge in [-0.25, -0.2) is 0 Å². The first-order chi connectivity index (χ1) is 7.81. The second kappa shape index (κ2) is 5.05. The fourth-order valence-electron chi connectivity index (χ4n) is 1.40. The number of nitrogens with zero attached hydrogens (tertiary/aromatic N) is 2. The molecular formula is C11H12N2O2S. The molecule has 2 aromatic rings. The van der Waals surface area contributed by atoms with Crippen molar-refractivity contribution in [3.63, 3.8) is 0 Å². The fraction of sp³-hybridized carbons (Fsp3) is 0.273. The van der Waals surface area contributed by atoms with Crippen LogP contribution in [-0.2, 0) is 0 Å². The molecule has 5 heteroatoms. The maximum absolute atomic E-state index is 10.0. The maximum Gasteiger partial charge on any atom is 0.124 e. The lowest BCUT2D eigenvalue weighted by atomic mass is 10.1. The van der Waals surface area contributed by atoms with Crippen LogP contribution in [0, 0.1) is 0 Å². The summed E-state index contributed by atoms with van der Waals surface area (Å²) in [4.78, 5) is 0. The number of ether oxygens (including phenoxy) is 1. The van der Waals surface area contributed by atoms with Gasteiger partial charge in [0.25, 0.3) is 0 Å². The van der Waals surface area contributed by atoms with Crippen molar-refractivity contribution in [3.05, 3.63) is 40.9 Å². The number of aromatic nitrogens is 2. The zero-order chi connectivity index (χ0) is 11.4. The molecule has 1 N–H and O–H groups in total. The van der Waals surface area contributed by atoms with Gasteiger partial charge in [-0.15, -0.1) is 5.10 Å². The van der Waals surface area contributed by atoms with Crippen LogP contribution >= 0.6 is 11.5 Å². The topological polar surface area (TPSA) is 55.2 Å². The monoisotopic (exact) mass is 236 g/mol. The van der Waals surface area contributed by atoms with Gasteiger partial charge in [0.1, 0.15) is 17.5 Å². The molecule has 0 saturated heterocycles. The number of benzene rings is 1. The highest BCUT2D eigenvalue weighted by Crippen LogP contribution is 2.24. The minimum atomic E-state index is -0.737. The second-order valence-electron chi connectivity index (χ2n) is 3.24. The first kappa shape index (κ1) is 11.0. The Bertz CT molecular complexity index is 445. The Kier molecular flexibility index (Phi) is 3.48. The van der Waals surface area contributed by atoms with E-state index in [-0.39, 0.29) is 0 Å². The van der Waals surface area contributed by atoms with Crippen LogP contribution in [0.15, 0.2) is 29.6 Å². The summed E-state index contributed by atoms with van der Waals surface area (Å²) in [6.07, 6.45) is -0.737. The summed E-state index contributed by atoms with van der Waals surface area (Å²) in [5.74, 6) is 0.752. The average molecular weight is 236 g/mol. The van der Waals surface area contributed by atoms with Crippen LogP contribution in [0.25, 0.3) is 0 Å². The molecule has 1 unspecified atom stereocenters. The van der Waals surface area contributed by atoms with Crippen molar-refractivity contribution in [2.75, 3.05) is 6.61 Å². The quantitative estimate of drug-likeness (QED) is 0.882. The normalized spacial score (nSPS) is 12.4. The van der Waals surface area contributed by atoms with Gasteiger partial charge in [-0.1, -0.05) is 16.6 Å². The highest BCUT2D eigenvalue weighted by Gasteiger charge is 2.13. The lowest BCUT2D eigenvalue weighted by Gasteiger charge is -2.09. The predicted octanol–water partition coefficient (Wildman–Crippen LogP) is 2.02. The minimum absolute atomic E-state index is 0.568. The van der Waals surface area contributed by atoms with E-state index >= 15 is 0 Å². The zero-order valence-electron chi connectivity index (χ0n) is 8.83. The molecule has 16 heavy (non-hydrogen) atoms. The Morgan fingerprint density at radius 3 is 3.06 bits per heavy atom. The van der Waals surface area contributed by atoms with Crippen LogP contribution in [0.1, 0.15) is 24.3 Å². The van der Waals surface area contributed by atoms with Gasteiger partial charge in [-0.2, -0.15) is 0 Å². The summed E-state index contributed by atoms with van der Waals surface area (Å²) in [6.45, 7) is 2.53. The van der Waals surface area contributed by atoms with Crippen molar-refractivity contribution >= 4 is 11.5 Å². The van der Waals surface area contributed by atoms with Gasteiger partial charge < -0.3 is 9.84 Å². The summed E-state index contributed by atoms with van der Waals surface area (Å²) >= 11 is 1.22. The predicted molar refractivity (Wildman–Crippen MR) is 61.6 cm³/mol. The molecule has 0 aliphatic rings. The molecule has 0 amide bonds. The van der Waals surface area contributed by atoms with Crippen LogP contribution in [-0.4, -0.2) is 21.3 Å². The van der Waals surface area contributed by atoms with E-state index in [9.17, 15) is 5.11 Å². The van der Waals surface area contributed by atoms with Crippen molar-refractivity contribution in [2.24, 2.45) is 0 Å². The van der Waals surface area contributed by atoms with Gasteiger partial charge in [-0.3, -0.25) is 0 Å². The number of rotatable bonds is 4. The lowest BCUT2D eigenvalue weighted by Crippen LogP contribution is -2.01. The van der Waals surface area contributed by atoms with Crippen molar-refractivity contribution in [1.82, 2.24) is 9.59 Å². The molecule has 0 saturated carbocycles. The van der Waals surface area contributed by atoms with E-state index in [0.29, 0.717) is 12.3 Å². The number of hydrogen-bond acceptors (Lipinski definition) is 5. The molecule has 0 aliphatic heterocycles. The van der Waals surface area contributed by atoms with Crippen molar-refractivity contribution in [3.8, 4) is 5.75 Å². The molecule has 0 spiro atoms. The Morgan fingerprint density at radius 2 is 2.38 bits per heavy atom. The van der Waals surface area contributed by atoms with E-state index in [0.717, 1.165) is 11.3 Å². The van der Waals surface area contributed by atoms with Crippen LogP contribution in [0.3, 0.4) is 0 Å². The largest absolute Gasteiger partial charge is 0.494 e. The lowest BCUT2D eigenvalue weighted by molar-refractivity contribution is 0.214. The molecule has 84 valence electrons. The molecule has 1 atom stereocenters. The third-order valence-corrected chi connectivity index (χ3v) is 2.66. The van der Waals surface area contributed by atoms with Crippen LogP contribution < -0.4 is 4.74 Å². The molecule has 0 bridgehead atoms. The highest BCUT2D eigenvalue weighted by atomic mass is 32.1. The van der Waals surface area contributed by atoms with E-state index in [1.165, 1.54) is 11.5 Å². The van der Waals surface area contributed by atoms with E-state index in [1.54, 1.807) is 5.38 Å². The first-order valence-electron chi connectivity index (χ1n) is 4.99. The Hall–Kier alpha value is -1.46. The third kappa shape index (κ3) is 2.37. The van der Waals surface area contributed by atoms with Gasteiger partial charge in [-0.05, 0) is 36.2 Å². The van der Waals surface area contributed by atoms with Crippen LogP contribution in [0.4, 0.5) is 0 Å². The van der Waals surface area contributed by atoms with E-state index in [1.807, 2.05) is 31.2 Å². The first-order valence-corrected chi connectivity index (χ1v) is 5.82. The summed E-state index contributed by atoms with van der Waals surface area (Å²) in [5.41, 5.74) is 1.33. The molecule has 1 aromatic heterocycles. The smallest absolute Gasteiger partial charge is 0.124 e. The summed E-state index contributed by atoms with van der Waals surface area (Å²) in [7, 11) is 0. The SMILES string of the molecule is CCOc1cccc(C(O)c2csnn2)c1. The van der Waals surface area contributed by atoms with Crippen molar-refractivity contribution in [2.45, 2.75) is 13.0 Å². The fourth-order valence-corrected chi connectivity index (χ4v) is 1.88. The Labute approximate surface area is 97.7 Å². The van der Waals surface area contributed by atoms with Gasteiger partial charge in [0, 0.05) is 5.38 Å². The molecule has 1 heterocycles. The van der Waals surface area contributed by atoms with Crippen LogP contribution in [0.5, 0.6) is 5.75 Å². The third-order valence-electron chi connectivity index (χ3n) is 2.14. The minimum Gasteiger partial charge on any atom is -0.494 e. The van der Waals surface area contributed by atoms with Gasteiger partial charge in [0.05, 0.1) is 6.61 Å². The summed E-state index contributed by atoms with van der Waals surface area (Å²) in [6, 6.07) is 7.36. The summed E-state index contributed by atoms with van der Waals surface area (Å²) in [5, 5.41) is 15.6. The molecular weight excluding hydrogens is 224 g/mol. The number of hydrogen-bond donors (Lipinski definition) is 1.